The summed E-state index contributed by atoms with van der Waals surface area (Å²) in [6, 6.07) is 3.90. The van der Waals surface area contributed by atoms with Crippen LogP contribution in [0.25, 0.3) is 0 Å². The Bertz CT molecular complexity index is 467. The lowest BCUT2D eigenvalue weighted by atomic mass is 9.77. The highest BCUT2D eigenvalue weighted by atomic mass is 16.6. The molecule has 4 nitrogen and oxygen atoms in total. The van der Waals surface area contributed by atoms with Crippen molar-refractivity contribution in [3.8, 4) is 17.2 Å². The van der Waals surface area contributed by atoms with Gasteiger partial charge in [0.2, 0.25) is 0 Å². The van der Waals surface area contributed by atoms with E-state index in [-0.39, 0.29) is 5.41 Å². The summed E-state index contributed by atoms with van der Waals surface area (Å²) in [4.78, 5) is 0. The molecule has 0 spiro atoms. The summed E-state index contributed by atoms with van der Waals surface area (Å²) in [5.74, 6) is 2.54. The average Bonchev–Trinajstić information content (AvgIpc) is 2.95. The zero-order valence-electron chi connectivity index (χ0n) is 11.4. The fourth-order valence-corrected chi connectivity index (χ4v) is 3.38. The second kappa shape index (κ2) is 4.93. The molecule has 1 fully saturated rings. The molecule has 1 aromatic rings. The van der Waals surface area contributed by atoms with Gasteiger partial charge in [0.1, 0.15) is 19.0 Å². The van der Waals surface area contributed by atoms with E-state index in [4.69, 9.17) is 19.9 Å². The Morgan fingerprint density at radius 1 is 1.21 bits per heavy atom. The molecule has 0 amide bonds. The lowest BCUT2D eigenvalue weighted by Crippen LogP contribution is -2.34. The van der Waals surface area contributed by atoms with Crippen LogP contribution in [0.2, 0.25) is 0 Å². The first-order chi connectivity index (χ1) is 9.30. The zero-order valence-corrected chi connectivity index (χ0v) is 11.4. The first-order valence-electron chi connectivity index (χ1n) is 6.98. The number of hydrogen-bond acceptors (Lipinski definition) is 4. The van der Waals surface area contributed by atoms with Crippen LogP contribution in [0.1, 0.15) is 31.2 Å². The molecule has 0 atom stereocenters. The predicted molar refractivity (Wildman–Crippen MR) is 73.2 cm³/mol. The molecule has 1 aliphatic carbocycles. The first kappa shape index (κ1) is 12.6. The highest BCUT2D eigenvalue weighted by Crippen LogP contribution is 2.51. The summed E-state index contributed by atoms with van der Waals surface area (Å²) in [5, 5.41) is 0. The van der Waals surface area contributed by atoms with Crippen molar-refractivity contribution < 1.29 is 14.2 Å². The smallest absolute Gasteiger partial charge is 0.168 e. The Kier molecular flexibility index (Phi) is 3.27. The molecule has 0 bridgehead atoms. The maximum absolute atomic E-state index is 6.11. The van der Waals surface area contributed by atoms with Gasteiger partial charge in [-0.25, -0.2) is 0 Å². The van der Waals surface area contributed by atoms with Crippen molar-refractivity contribution in [1.82, 2.24) is 0 Å². The molecule has 19 heavy (non-hydrogen) atoms. The van der Waals surface area contributed by atoms with Crippen LogP contribution in [0, 0.1) is 0 Å². The summed E-state index contributed by atoms with van der Waals surface area (Å²) in [7, 11) is 1.70. The van der Waals surface area contributed by atoms with Crippen molar-refractivity contribution in [2.45, 2.75) is 31.1 Å². The fourth-order valence-electron chi connectivity index (χ4n) is 3.38. The van der Waals surface area contributed by atoms with Crippen molar-refractivity contribution in [2.75, 3.05) is 26.9 Å². The number of methoxy groups -OCH3 is 1. The van der Waals surface area contributed by atoms with Crippen LogP contribution in [0.5, 0.6) is 17.2 Å². The van der Waals surface area contributed by atoms with E-state index in [0.717, 1.165) is 35.7 Å². The van der Waals surface area contributed by atoms with Crippen LogP contribution in [-0.4, -0.2) is 26.9 Å². The van der Waals surface area contributed by atoms with Gasteiger partial charge in [-0.15, -0.1) is 0 Å². The normalized spacial score (nSPS) is 20.3. The molecule has 1 saturated carbocycles. The largest absolute Gasteiger partial charge is 0.496 e. The SMILES string of the molecule is COc1ccc2c(c1C1(CN)CCCC1)OCCO2. The number of rotatable bonds is 3. The van der Waals surface area contributed by atoms with Crippen LogP contribution in [-0.2, 0) is 5.41 Å². The van der Waals surface area contributed by atoms with E-state index in [2.05, 4.69) is 0 Å². The van der Waals surface area contributed by atoms with Crippen LogP contribution < -0.4 is 19.9 Å². The number of fused-ring (bicyclic) bond motifs is 1. The van der Waals surface area contributed by atoms with E-state index in [1.165, 1.54) is 12.8 Å². The van der Waals surface area contributed by atoms with Gasteiger partial charge in [0.25, 0.3) is 0 Å². The van der Waals surface area contributed by atoms with Gasteiger partial charge in [-0.2, -0.15) is 0 Å². The molecule has 0 unspecified atom stereocenters. The minimum absolute atomic E-state index is 0.0165. The summed E-state index contributed by atoms with van der Waals surface area (Å²) >= 11 is 0. The number of benzene rings is 1. The molecule has 3 rings (SSSR count). The van der Waals surface area contributed by atoms with E-state index in [9.17, 15) is 0 Å². The number of nitrogens with two attached hydrogens (primary N) is 1. The van der Waals surface area contributed by atoms with E-state index in [0.29, 0.717) is 19.8 Å². The standard InChI is InChI=1S/C15H21NO3/c1-17-11-4-5-12-14(19-9-8-18-12)13(11)15(10-16)6-2-3-7-15/h4-5H,2-3,6-10,16H2,1H3. The van der Waals surface area contributed by atoms with Crippen LogP contribution in [0.15, 0.2) is 12.1 Å². The van der Waals surface area contributed by atoms with Gasteiger partial charge in [0.15, 0.2) is 11.5 Å². The minimum Gasteiger partial charge on any atom is -0.496 e. The third-order valence-electron chi connectivity index (χ3n) is 4.37. The highest BCUT2D eigenvalue weighted by molar-refractivity contribution is 5.58. The first-order valence-corrected chi connectivity index (χ1v) is 6.98. The van der Waals surface area contributed by atoms with E-state index in [1.807, 2.05) is 12.1 Å². The minimum atomic E-state index is -0.0165. The van der Waals surface area contributed by atoms with E-state index >= 15 is 0 Å². The molecule has 104 valence electrons. The van der Waals surface area contributed by atoms with Crippen molar-refractivity contribution in [3.05, 3.63) is 17.7 Å². The topological polar surface area (TPSA) is 53.7 Å². The third kappa shape index (κ3) is 1.94. The Labute approximate surface area is 113 Å². The summed E-state index contributed by atoms with van der Waals surface area (Å²) in [6.07, 6.45) is 4.62. The molecule has 1 aromatic carbocycles. The highest BCUT2D eigenvalue weighted by Gasteiger charge is 2.40. The van der Waals surface area contributed by atoms with Crippen LogP contribution in [0.3, 0.4) is 0 Å². The Morgan fingerprint density at radius 2 is 1.95 bits per heavy atom. The molecular weight excluding hydrogens is 242 g/mol. The third-order valence-corrected chi connectivity index (χ3v) is 4.37. The number of hydrogen-bond donors (Lipinski definition) is 1. The van der Waals surface area contributed by atoms with Gasteiger partial charge in [0.05, 0.1) is 7.11 Å². The van der Waals surface area contributed by atoms with Gasteiger partial charge in [-0.1, -0.05) is 12.8 Å². The second-order valence-electron chi connectivity index (χ2n) is 5.36. The lowest BCUT2D eigenvalue weighted by molar-refractivity contribution is 0.165. The molecular formula is C15H21NO3. The van der Waals surface area contributed by atoms with Gasteiger partial charge in [-0.05, 0) is 25.0 Å². The number of ether oxygens (including phenoxy) is 3. The van der Waals surface area contributed by atoms with E-state index < -0.39 is 0 Å². The summed E-state index contributed by atoms with van der Waals surface area (Å²) in [6.45, 7) is 1.82. The van der Waals surface area contributed by atoms with Gasteiger partial charge in [0, 0.05) is 17.5 Å². The Balaban J connectivity index is 2.16. The van der Waals surface area contributed by atoms with Gasteiger partial charge in [-0.3, -0.25) is 0 Å². The fraction of sp³-hybridized carbons (Fsp3) is 0.600. The zero-order chi connectivity index (χ0) is 13.3. The van der Waals surface area contributed by atoms with Crippen molar-refractivity contribution in [3.63, 3.8) is 0 Å². The molecule has 4 heteroatoms. The Hall–Kier alpha value is -1.42. The monoisotopic (exact) mass is 263 g/mol. The molecule has 1 aliphatic heterocycles. The molecule has 2 N–H and O–H groups in total. The molecule has 2 aliphatic rings. The molecule has 0 radical (unpaired) electrons. The van der Waals surface area contributed by atoms with Gasteiger partial charge >= 0.3 is 0 Å². The van der Waals surface area contributed by atoms with E-state index in [1.54, 1.807) is 7.11 Å². The van der Waals surface area contributed by atoms with Crippen LogP contribution >= 0.6 is 0 Å². The lowest BCUT2D eigenvalue weighted by Gasteiger charge is -2.33. The molecule has 0 aromatic heterocycles. The Morgan fingerprint density at radius 3 is 2.63 bits per heavy atom. The van der Waals surface area contributed by atoms with Gasteiger partial charge < -0.3 is 19.9 Å². The molecule has 1 heterocycles. The summed E-state index contributed by atoms with van der Waals surface area (Å²) < 4.78 is 17.1. The maximum Gasteiger partial charge on any atom is 0.168 e. The quantitative estimate of drug-likeness (QED) is 0.908. The maximum atomic E-state index is 6.11. The summed E-state index contributed by atoms with van der Waals surface area (Å²) in [5.41, 5.74) is 7.21. The van der Waals surface area contributed by atoms with Crippen LogP contribution in [0.4, 0.5) is 0 Å². The average molecular weight is 263 g/mol. The van der Waals surface area contributed by atoms with Crippen molar-refractivity contribution in [2.24, 2.45) is 5.73 Å². The second-order valence-corrected chi connectivity index (χ2v) is 5.36. The van der Waals surface area contributed by atoms with Crippen molar-refractivity contribution in [1.29, 1.82) is 0 Å². The van der Waals surface area contributed by atoms with Crippen molar-refractivity contribution >= 4 is 0 Å². The molecule has 0 saturated heterocycles. The predicted octanol–water partition coefficient (Wildman–Crippen LogP) is 2.24.